The molecular formula is C16H18N2O6. The van der Waals surface area contributed by atoms with Gasteiger partial charge in [0, 0.05) is 5.69 Å². The monoisotopic (exact) mass is 334 g/mol. The van der Waals surface area contributed by atoms with E-state index in [1.807, 2.05) is 0 Å². The van der Waals surface area contributed by atoms with Crippen LogP contribution in [0.4, 0.5) is 11.4 Å². The summed E-state index contributed by atoms with van der Waals surface area (Å²) in [5, 5.41) is 5.49. The lowest BCUT2D eigenvalue weighted by Gasteiger charge is -2.31. The number of anilines is 2. The molecule has 0 unspecified atom stereocenters. The molecule has 1 aliphatic heterocycles. The smallest absolute Gasteiger partial charge is 0.354 e. The first kappa shape index (κ1) is 17.3. The Hall–Kier alpha value is -3.03. The molecule has 128 valence electrons. The van der Waals surface area contributed by atoms with Crippen LogP contribution >= 0.6 is 0 Å². The molecule has 0 aromatic heterocycles. The van der Waals surface area contributed by atoms with Crippen LogP contribution < -0.4 is 15.4 Å². The highest BCUT2D eigenvalue weighted by Gasteiger charge is 2.35. The Bertz CT molecular complexity index is 723. The van der Waals surface area contributed by atoms with Gasteiger partial charge in [-0.25, -0.2) is 9.59 Å². The first-order valence-electron chi connectivity index (χ1n) is 7.06. The van der Waals surface area contributed by atoms with Crippen molar-refractivity contribution in [1.82, 2.24) is 0 Å². The van der Waals surface area contributed by atoms with Gasteiger partial charge >= 0.3 is 11.9 Å². The number of esters is 2. The molecule has 24 heavy (non-hydrogen) atoms. The zero-order chi connectivity index (χ0) is 17.9. The van der Waals surface area contributed by atoms with Gasteiger partial charge in [0.15, 0.2) is 5.60 Å². The molecule has 2 rings (SSSR count). The average molecular weight is 334 g/mol. The standard InChI is InChI=1S/C16H18N2O6/c1-16(2)15(21)18-10-7-9(5-6-12(10)24-16)17-11(14(20)23-4)8-13(19)22-3/h5-8,17H,1-4H3,(H,18,21)/b11-8+. The third kappa shape index (κ3) is 3.65. The number of nitrogens with one attached hydrogen (secondary N) is 2. The number of fused-ring (bicyclic) bond motifs is 1. The Balaban J connectivity index is 2.29. The van der Waals surface area contributed by atoms with Crippen molar-refractivity contribution in [2.45, 2.75) is 19.4 Å². The van der Waals surface area contributed by atoms with Crippen molar-refractivity contribution >= 4 is 29.2 Å². The summed E-state index contributed by atoms with van der Waals surface area (Å²) >= 11 is 0. The number of methoxy groups -OCH3 is 2. The number of benzene rings is 1. The van der Waals surface area contributed by atoms with Crippen molar-refractivity contribution < 1.29 is 28.6 Å². The van der Waals surface area contributed by atoms with Crippen LogP contribution in [0.2, 0.25) is 0 Å². The van der Waals surface area contributed by atoms with Gasteiger partial charge in [-0.1, -0.05) is 0 Å². The Labute approximate surface area is 138 Å². The van der Waals surface area contributed by atoms with Crippen LogP contribution in [0.25, 0.3) is 0 Å². The third-order valence-corrected chi connectivity index (χ3v) is 3.29. The summed E-state index contributed by atoms with van der Waals surface area (Å²) in [6, 6.07) is 4.86. The van der Waals surface area contributed by atoms with E-state index >= 15 is 0 Å². The molecule has 0 radical (unpaired) electrons. The van der Waals surface area contributed by atoms with Crippen LogP contribution in [-0.4, -0.2) is 37.7 Å². The van der Waals surface area contributed by atoms with Gasteiger partial charge in [0.05, 0.1) is 26.0 Å². The quantitative estimate of drug-likeness (QED) is 0.634. The van der Waals surface area contributed by atoms with E-state index in [0.29, 0.717) is 17.1 Å². The molecule has 0 aliphatic carbocycles. The number of amides is 1. The molecule has 1 aromatic carbocycles. The van der Waals surface area contributed by atoms with Crippen molar-refractivity contribution in [2.75, 3.05) is 24.9 Å². The molecule has 8 nitrogen and oxygen atoms in total. The molecule has 0 fully saturated rings. The molecular weight excluding hydrogens is 316 g/mol. The fourth-order valence-electron chi connectivity index (χ4n) is 1.98. The molecule has 2 N–H and O–H groups in total. The van der Waals surface area contributed by atoms with E-state index in [9.17, 15) is 14.4 Å². The van der Waals surface area contributed by atoms with Crippen LogP contribution in [0.5, 0.6) is 5.75 Å². The summed E-state index contributed by atoms with van der Waals surface area (Å²) in [4.78, 5) is 35.0. The van der Waals surface area contributed by atoms with Gasteiger partial charge < -0.3 is 24.8 Å². The normalized spacial score (nSPS) is 15.5. The molecule has 1 heterocycles. The second-order valence-electron chi connectivity index (χ2n) is 5.48. The summed E-state index contributed by atoms with van der Waals surface area (Å²) in [6.07, 6.45) is 0.976. The molecule has 0 saturated heterocycles. The topological polar surface area (TPSA) is 103 Å². The number of hydrogen-bond donors (Lipinski definition) is 2. The lowest BCUT2D eigenvalue weighted by molar-refractivity contribution is -0.138. The molecule has 0 spiro atoms. The van der Waals surface area contributed by atoms with Crippen LogP contribution in [0.1, 0.15) is 13.8 Å². The number of hydrogen-bond acceptors (Lipinski definition) is 7. The van der Waals surface area contributed by atoms with E-state index < -0.39 is 17.5 Å². The Morgan fingerprint density at radius 1 is 1.25 bits per heavy atom. The Kier molecular flexibility index (Phi) is 4.77. The minimum absolute atomic E-state index is 0.104. The van der Waals surface area contributed by atoms with Crippen molar-refractivity contribution in [3.8, 4) is 5.75 Å². The van der Waals surface area contributed by atoms with E-state index in [1.165, 1.54) is 14.2 Å². The van der Waals surface area contributed by atoms with Crippen molar-refractivity contribution in [2.24, 2.45) is 0 Å². The van der Waals surface area contributed by atoms with Crippen molar-refractivity contribution in [3.63, 3.8) is 0 Å². The van der Waals surface area contributed by atoms with Crippen LogP contribution in [0, 0.1) is 0 Å². The molecule has 1 aromatic rings. The van der Waals surface area contributed by atoms with E-state index in [-0.39, 0.29) is 11.6 Å². The van der Waals surface area contributed by atoms with Gasteiger partial charge in [0.1, 0.15) is 11.4 Å². The van der Waals surface area contributed by atoms with Crippen LogP contribution in [0.3, 0.4) is 0 Å². The highest BCUT2D eigenvalue weighted by Crippen LogP contribution is 2.35. The van der Waals surface area contributed by atoms with Gasteiger partial charge in [0.2, 0.25) is 0 Å². The SMILES string of the molecule is COC(=O)/C=C(/Nc1ccc2c(c1)NC(=O)C(C)(C)O2)C(=O)OC. The average Bonchev–Trinajstić information content (AvgIpc) is 2.54. The molecule has 0 bridgehead atoms. The number of carbonyl (C=O) groups excluding carboxylic acids is 3. The van der Waals surface area contributed by atoms with Crippen LogP contribution in [0.15, 0.2) is 30.0 Å². The fraction of sp³-hybridized carbons (Fsp3) is 0.312. The van der Waals surface area contributed by atoms with Gasteiger partial charge in [-0.15, -0.1) is 0 Å². The summed E-state index contributed by atoms with van der Waals surface area (Å²) in [7, 11) is 2.39. The highest BCUT2D eigenvalue weighted by molar-refractivity contribution is 6.01. The van der Waals surface area contributed by atoms with E-state index in [2.05, 4.69) is 20.1 Å². The predicted molar refractivity (Wildman–Crippen MR) is 85.5 cm³/mol. The second kappa shape index (κ2) is 6.61. The van der Waals surface area contributed by atoms with E-state index in [4.69, 9.17) is 4.74 Å². The highest BCUT2D eigenvalue weighted by atomic mass is 16.5. The van der Waals surface area contributed by atoms with E-state index in [0.717, 1.165) is 6.08 Å². The summed E-state index contributed by atoms with van der Waals surface area (Å²) in [6.45, 7) is 3.32. The molecule has 8 heteroatoms. The zero-order valence-electron chi connectivity index (χ0n) is 13.8. The van der Waals surface area contributed by atoms with Gasteiger partial charge in [-0.2, -0.15) is 0 Å². The number of carbonyl (C=O) groups is 3. The van der Waals surface area contributed by atoms with Gasteiger partial charge in [0.25, 0.3) is 5.91 Å². The fourth-order valence-corrected chi connectivity index (χ4v) is 1.98. The first-order chi connectivity index (χ1) is 11.3. The molecule has 0 atom stereocenters. The number of ether oxygens (including phenoxy) is 3. The summed E-state index contributed by atoms with van der Waals surface area (Å²) in [5.41, 5.74) is -0.165. The molecule has 0 saturated carbocycles. The van der Waals surface area contributed by atoms with E-state index in [1.54, 1.807) is 32.0 Å². The molecule has 1 aliphatic rings. The maximum Gasteiger partial charge on any atom is 0.354 e. The van der Waals surface area contributed by atoms with Crippen LogP contribution in [-0.2, 0) is 23.9 Å². The summed E-state index contributed by atoms with van der Waals surface area (Å²) < 4.78 is 14.7. The van der Waals surface area contributed by atoms with Crippen molar-refractivity contribution in [3.05, 3.63) is 30.0 Å². The van der Waals surface area contributed by atoms with Crippen molar-refractivity contribution in [1.29, 1.82) is 0 Å². The number of rotatable bonds is 4. The maximum absolute atomic E-state index is 11.9. The predicted octanol–water partition coefficient (Wildman–Crippen LogP) is 1.44. The minimum Gasteiger partial charge on any atom is -0.476 e. The third-order valence-electron chi connectivity index (χ3n) is 3.29. The Morgan fingerprint density at radius 2 is 1.96 bits per heavy atom. The largest absolute Gasteiger partial charge is 0.476 e. The zero-order valence-corrected chi connectivity index (χ0v) is 13.8. The second-order valence-corrected chi connectivity index (χ2v) is 5.48. The summed E-state index contributed by atoms with van der Waals surface area (Å²) in [5.74, 6) is -1.23. The molecule has 1 amide bonds. The Morgan fingerprint density at radius 3 is 2.58 bits per heavy atom. The minimum atomic E-state index is -0.968. The van der Waals surface area contributed by atoms with Gasteiger partial charge in [-0.3, -0.25) is 4.79 Å². The first-order valence-corrected chi connectivity index (χ1v) is 7.06. The maximum atomic E-state index is 11.9. The van der Waals surface area contributed by atoms with Gasteiger partial charge in [-0.05, 0) is 32.0 Å². The lowest BCUT2D eigenvalue weighted by Crippen LogP contribution is -2.45. The lowest BCUT2D eigenvalue weighted by atomic mass is 10.1.